The van der Waals surface area contributed by atoms with Crippen molar-refractivity contribution in [3.8, 4) is 11.1 Å². The van der Waals surface area contributed by atoms with Crippen molar-refractivity contribution in [1.82, 2.24) is 20.7 Å². The number of ether oxygens (including phenoxy) is 1. The number of carbonyl (C=O) groups excluding carboxylic acids is 2. The Morgan fingerprint density at radius 3 is 2.41 bits per heavy atom. The zero-order valence-corrected chi connectivity index (χ0v) is 21.5. The van der Waals surface area contributed by atoms with Crippen LogP contribution in [0.15, 0.2) is 42.5 Å². The van der Waals surface area contributed by atoms with Crippen molar-refractivity contribution in [2.75, 3.05) is 46.4 Å². The minimum Gasteiger partial charge on any atom is -0.383 e. The number of nitrogens with zero attached hydrogens (tertiary/aromatic N) is 2. The van der Waals surface area contributed by atoms with Gasteiger partial charge in [-0.1, -0.05) is 30.3 Å². The molecule has 0 radical (unpaired) electrons. The molecule has 37 heavy (non-hydrogen) atoms. The van der Waals surface area contributed by atoms with Gasteiger partial charge in [0, 0.05) is 56.3 Å². The second-order valence-corrected chi connectivity index (χ2v) is 10.1. The Balaban J connectivity index is 1.28. The van der Waals surface area contributed by atoms with Gasteiger partial charge in [-0.15, -0.1) is 0 Å². The van der Waals surface area contributed by atoms with E-state index in [1.54, 1.807) is 16.9 Å². The molecule has 2 fully saturated rings. The number of benzene rings is 2. The number of rotatable bonds is 8. The maximum Gasteiger partial charge on any atom is 0.254 e. The molecule has 0 aromatic heterocycles. The third-order valence-corrected chi connectivity index (χ3v) is 7.49. The Kier molecular flexibility index (Phi) is 7.60. The van der Waals surface area contributed by atoms with Gasteiger partial charge in [0.2, 0.25) is 0 Å². The van der Waals surface area contributed by atoms with E-state index >= 15 is 0 Å². The summed E-state index contributed by atoms with van der Waals surface area (Å²) in [6, 6.07) is 14.3. The molecule has 2 aromatic carbocycles. The molecule has 0 atom stereocenters. The Morgan fingerprint density at radius 2 is 1.70 bits per heavy atom. The summed E-state index contributed by atoms with van der Waals surface area (Å²) < 4.78 is 5.13. The first-order chi connectivity index (χ1) is 18.0. The topological polar surface area (TPSA) is 94.1 Å². The fourth-order valence-electron chi connectivity index (χ4n) is 5.03. The highest BCUT2D eigenvalue weighted by molar-refractivity contribution is 5.95. The summed E-state index contributed by atoms with van der Waals surface area (Å²) in [4.78, 5) is 28.9. The van der Waals surface area contributed by atoms with E-state index in [0.717, 1.165) is 36.9 Å². The van der Waals surface area contributed by atoms with Gasteiger partial charge in [0.05, 0.1) is 6.61 Å². The van der Waals surface area contributed by atoms with E-state index in [1.165, 1.54) is 16.1 Å². The Labute approximate surface area is 217 Å². The zero-order chi connectivity index (χ0) is 25.8. The zero-order valence-electron chi connectivity index (χ0n) is 21.5. The van der Waals surface area contributed by atoms with Crippen LogP contribution in [0.5, 0.6) is 0 Å². The van der Waals surface area contributed by atoms with Crippen LogP contribution in [0.3, 0.4) is 0 Å². The summed E-state index contributed by atoms with van der Waals surface area (Å²) >= 11 is 0. The van der Waals surface area contributed by atoms with Gasteiger partial charge in [0.1, 0.15) is 5.60 Å². The largest absolute Gasteiger partial charge is 0.383 e. The van der Waals surface area contributed by atoms with Crippen LogP contribution in [0.2, 0.25) is 0 Å². The van der Waals surface area contributed by atoms with Crippen LogP contribution < -0.4 is 21.3 Å². The molecular formula is C29H36N4O4. The van der Waals surface area contributed by atoms with Crippen LogP contribution in [0.1, 0.15) is 42.5 Å². The first-order valence-electron chi connectivity index (χ1n) is 13.2. The van der Waals surface area contributed by atoms with E-state index in [4.69, 9.17) is 4.74 Å². The molecule has 1 saturated carbocycles. The SMILES string of the molecule is COCCNNC1=c2cc(-c3ccc(C(=O)N4CCN(C(=O)C5(O)CC5)CC4)cc3)ccc2=CCCC1. The first kappa shape index (κ1) is 25.4. The van der Waals surface area contributed by atoms with Crippen LogP contribution >= 0.6 is 0 Å². The highest BCUT2D eigenvalue weighted by Crippen LogP contribution is 2.37. The number of fused-ring (bicyclic) bond motifs is 1. The standard InChI is InChI=1S/C29H36N4O4/c1-37-19-14-30-31-26-5-3-2-4-22-8-11-24(20-25(22)26)21-6-9-23(10-7-21)27(34)32-15-17-33(18-16-32)28(35)29(36)12-13-29/h4,6-11,20,30-31,36H,2-3,5,12-19H2,1H3. The molecule has 196 valence electrons. The third kappa shape index (κ3) is 5.71. The Bertz CT molecular complexity index is 1260. The van der Waals surface area contributed by atoms with Crippen molar-refractivity contribution < 1.29 is 19.4 Å². The molecule has 2 aromatic rings. The van der Waals surface area contributed by atoms with Crippen molar-refractivity contribution in [2.45, 2.75) is 37.7 Å². The number of hydrazine groups is 1. The fraction of sp³-hybridized carbons (Fsp3) is 0.448. The summed E-state index contributed by atoms with van der Waals surface area (Å²) in [5.41, 5.74) is 9.48. The van der Waals surface area contributed by atoms with Gasteiger partial charge < -0.3 is 25.1 Å². The average Bonchev–Trinajstić information content (AvgIpc) is 3.73. The highest BCUT2D eigenvalue weighted by atomic mass is 16.5. The lowest BCUT2D eigenvalue weighted by molar-refractivity contribution is -0.143. The predicted molar refractivity (Wildman–Crippen MR) is 143 cm³/mol. The maximum atomic E-state index is 13.1. The van der Waals surface area contributed by atoms with Gasteiger partial charge in [-0.05, 0) is 66.6 Å². The van der Waals surface area contributed by atoms with Gasteiger partial charge in [0.25, 0.3) is 11.8 Å². The van der Waals surface area contributed by atoms with Gasteiger partial charge in [-0.2, -0.15) is 0 Å². The van der Waals surface area contributed by atoms with Gasteiger partial charge in [-0.25, -0.2) is 5.43 Å². The molecule has 1 heterocycles. The Hall–Kier alpha value is -3.20. The van der Waals surface area contributed by atoms with Crippen LogP contribution in [0.4, 0.5) is 0 Å². The number of carbonyl (C=O) groups is 2. The number of methoxy groups -OCH3 is 1. The molecule has 8 nitrogen and oxygen atoms in total. The molecule has 0 bridgehead atoms. The number of nitrogens with one attached hydrogen (secondary N) is 2. The number of amides is 2. The minimum absolute atomic E-state index is 0.0257. The third-order valence-electron chi connectivity index (χ3n) is 7.49. The molecule has 0 spiro atoms. The Morgan fingerprint density at radius 1 is 1.00 bits per heavy atom. The molecule has 5 rings (SSSR count). The quantitative estimate of drug-likeness (QED) is 0.367. The lowest BCUT2D eigenvalue weighted by Gasteiger charge is -2.35. The first-order valence-corrected chi connectivity index (χ1v) is 13.2. The monoisotopic (exact) mass is 504 g/mol. The van der Waals surface area contributed by atoms with Crippen LogP contribution in [0, 0.1) is 0 Å². The summed E-state index contributed by atoms with van der Waals surface area (Å²) in [6.07, 6.45) is 6.50. The normalized spacial score (nSPS) is 18.5. The van der Waals surface area contributed by atoms with Gasteiger partial charge >= 0.3 is 0 Å². The second kappa shape index (κ2) is 11.0. The molecular weight excluding hydrogens is 468 g/mol. The minimum atomic E-state index is -1.15. The van der Waals surface area contributed by atoms with Crippen molar-refractivity contribution in [3.63, 3.8) is 0 Å². The summed E-state index contributed by atoms with van der Waals surface area (Å²) in [6.45, 7) is 3.25. The van der Waals surface area contributed by atoms with Crippen LogP contribution in [0.25, 0.3) is 22.9 Å². The van der Waals surface area contributed by atoms with Gasteiger partial charge in [-0.3, -0.25) is 9.59 Å². The summed E-state index contributed by atoms with van der Waals surface area (Å²) in [5, 5.41) is 12.5. The molecule has 1 saturated heterocycles. The van der Waals surface area contributed by atoms with E-state index < -0.39 is 5.60 Å². The number of hydrogen-bond donors (Lipinski definition) is 3. The maximum absolute atomic E-state index is 13.1. The smallest absolute Gasteiger partial charge is 0.254 e. The molecule has 3 aliphatic rings. The summed E-state index contributed by atoms with van der Waals surface area (Å²) in [5.74, 6) is -0.217. The second-order valence-electron chi connectivity index (χ2n) is 10.1. The lowest BCUT2D eigenvalue weighted by atomic mass is 10.0. The molecule has 2 amide bonds. The summed E-state index contributed by atoms with van der Waals surface area (Å²) in [7, 11) is 1.69. The van der Waals surface area contributed by atoms with Crippen molar-refractivity contribution in [1.29, 1.82) is 0 Å². The highest BCUT2D eigenvalue weighted by Gasteiger charge is 2.50. The van der Waals surface area contributed by atoms with Crippen molar-refractivity contribution in [3.05, 3.63) is 58.5 Å². The van der Waals surface area contributed by atoms with E-state index in [-0.39, 0.29) is 11.8 Å². The predicted octanol–water partition coefficient (Wildman–Crippen LogP) is 0.976. The fourth-order valence-corrected chi connectivity index (χ4v) is 5.03. The van der Waals surface area contributed by atoms with E-state index in [2.05, 4.69) is 35.1 Å². The van der Waals surface area contributed by atoms with Crippen molar-refractivity contribution >= 4 is 23.6 Å². The van der Waals surface area contributed by atoms with Crippen LogP contribution in [-0.2, 0) is 9.53 Å². The number of hydrogen-bond acceptors (Lipinski definition) is 6. The molecule has 0 unspecified atom stereocenters. The lowest BCUT2D eigenvalue weighted by Crippen LogP contribution is -2.53. The van der Waals surface area contributed by atoms with E-state index in [1.807, 2.05) is 24.3 Å². The van der Waals surface area contributed by atoms with Crippen molar-refractivity contribution in [2.24, 2.45) is 0 Å². The van der Waals surface area contributed by atoms with E-state index in [0.29, 0.717) is 51.2 Å². The molecule has 2 aliphatic carbocycles. The molecule has 8 heteroatoms. The number of aliphatic hydroxyl groups is 1. The molecule has 1 aliphatic heterocycles. The average molecular weight is 505 g/mol. The van der Waals surface area contributed by atoms with Crippen LogP contribution in [-0.4, -0.2) is 78.8 Å². The number of piperazine rings is 1. The van der Waals surface area contributed by atoms with Gasteiger partial charge in [0.15, 0.2) is 0 Å². The van der Waals surface area contributed by atoms with E-state index in [9.17, 15) is 14.7 Å². The molecule has 3 N–H and O–H groups in total.